The van der Waals surface area contributed by atoms with Crippen LogP contribution < -0.4 is 9.81 Å². The fourth-order valence-corrected chi connectivity index (χ4v) is 2.65. The predicted molar refractivity (Wildman–Crippen MR) is 91.4 cm³/mol. The van der Waals surface area contributed by atoms with E-state index in [4.69, 9.17) is 0 Å². The molecule has 0 amide bonds. The van der Waals surface area contributed by atoms with Crippen LogP contribution in [0, 0.1) is 17.6 Å². The Morgan fingerprint density at radius 1 is 0.773 bits per heavy atom. The number of hydrogen-bond donors (Lipinski definition) is 0. The lowest BCUT2D eigenvalue weighted by atomic mass is 10.3. The molecule has 10 heteroatoms. The lowest BCUT2D eigenvalue weighted by Gasteiger charge is -1.85. The Morgan fingerprint density at radius 3 is 1.59 bits per heavy atom. The van der Waals surface area contributed by atoms with Gasteiger partial charge in [0.2, 0.25) is 22.1 Å². The maximum atomic E-state index is 10.8. The van der Waals surface area contributed by atoms with Crippen molar-refractivity contribution < 1.29 is 19.1 Å². The van der Waals surface area contributed by atoms with Crippen molar-refractivity contribution in [3.8, 4) is 0 Å². The summed E-state index contributed by atoms with van der Waals surface area (Å²) in [5, 5.41) is 28.6. The van der Waals surface area contributed by atoms with Gasteiger partial charge in [-0.05, 0) is 79.3 Å². The average Bonchev–Trinajstić information content (AvgIpc) is 3.03. The van der Waals surface area contributed by atoms with Crippen molar-refractivity contribution in [1.29, 1.82) is 0 Å². The largest absolute Gasteiger partial charge is 0.359 e. The van der Waals surface area contributed by atoms with Crippen molar-refractivity contribution in [2.75, 3.05) is 0 Å². The van der Waals surface area contributed by atoms with Gasteiger partial charge in [-0.25, -0.2) is 0 Å². The molecule has 0 aliphatic rings. The molecule has 0 aliphatic heterocycles. The van der Waals surface area contributed by atoms with Crippen LogP contribution in [0.15, 0.2) is 45.7 Å². The molecule has 0 fully saturated rings. The van der Waals surface area contributed by atoms with Crippen LogP contribution in [0.5, 0.6) is 0 Å². The number of rotatable bonds is 0. The maximum Gasteiger partial charge on any atom is 0.249 e. The van der Waals surface area contributed by atoms with E-state index in [0.717, 1.165) is 7.14 Å². The quantitative estimate of drug-likeness (QED) is 0.258. The minimum Gasteiger partial charge on any atom is -0.359 e. The highest BCUT2D eigenvalue weighted by atomic mass is 127. The van der Waals surface area contributed by atoms with Crippen molar-refractivity contribution in [2.24, 2.45) is 0 Å². The molecule has 0 aliphatic carbocycles. The van der Waals surface area contributed by atoms with Gasteiger partial charge < -0.3 is 10.4 Å². The summed E-state index contributed by atoms with van der Waals surface area (Å²) in [6, 6.07) is 10.6. The number of benzene rings is 2. The second-order valence-corrected chi connectivity index (χ2v) is 6.62. The third-order valence-electron chi connectivity index (χ3n) is 2.69. The van der Waals surface area contributed by atoms with Gasteiger partial charge in [-0.15, -0.1) is 0 Å². The van der Waals surface area contributed by atoms with Crippen molar-refractivity contribution in [2.45, 2.75) is 0 Å². The monoisotopic (exact) mass is 524 g/mol. The first kappa shape index (κ1) is 15.2. The minimum absolute atomic E-state index is 0.394. The molecule has 0 bridgehead atoms. The first-order valence-corrected chi connectivity index (χ1v) is 8.00. The van der Waals surface area contributed by atoms with E-state index in [1.807, 2.05) is 12.1 Å². The van der Waals surface area contributed by atoms with E-state index in [2.05, 4.69) is 64.8 Å². The molecule has 0 saturated heterocycles. The van der Waals surface area contributed by atoms with E-state index in [-0.39, 0.29) is 0 Å². The summed E-state index contributed by atoms with van der Waals surface area (Å²) >= 11 is 4.29. The average molecular weight is 524 g/mol. The van der Waals surface area contributed by atoms with Crippen molar-refractivity contribution in [1.82, 2.24) is 10.3 Å². The molecular weight excluding hydrogens is 518 g/mol. The van der Waals surface area contributed by atoms with Gasteiger partial charge in [0.15, 0.2) is 0 Å². The molecule has 0 radical (unpaired) electrons. The van der Waals surface area contributed by atoms with Gasteiger partial charge in [-0.2, -0.15) is 0 Å². The molecule has 4 rings (SSSR count). The highest BCUT2D eigenvalue weighted by Crippen LogP contribution is 2.12. The number of halogens is 2. The van der Waals surface area contributed by atoms with Crippen LogP contribution in [0.25, 0.3) is 22.1 Å². The van der Waals surface area contributed by atoms with Gasteiger partial charge in [-0.1, -0.05) is 0 Å². The summed E-state index contributed by atoms with van der Waals surface area (Å²) in [6.07, 6.45) is 0. The maximum absolute atomic E-state index is 10.8. The Labute approximate surface area is 150 Å². The van der Waals surface area contributed by atoms with Gasteiger partial charge in [0.05, 0.1) is 0 Å². The first-order valence-electron chi connectivity index (χ1n) is 5.84. The Morgan fingerprint density at radius 2 is 1.18 bits per heavy atom. The number of nitrogens with zero attached hydrogens (tertiary/aromatic N) is 4. The number of fused-ring (bicyclic) bond motifs is 2. The lowest BCUT2D eigenvalue weighted by molar-refractivity contribution is -0.782. The van der Waals surface area contributed by atoms with Crippen molar-refractivity contribution in [3.63, 3.8) is 0 Å². The van der Waals surface area contributed by atoms with E-state index in [9.17, 15) is 10.4 Å². The van der Waals surface area contributed by atoms with Crippen LogP contribution in [-0.2, 0) is 0 Å². The molecule has 0 atom stereocenters. The molecule has 112 valence electrons. The fraction of sp³-hybridized carbons (Fsp3) is 0. The normalized spacial score (nSPS) is 10.6. The smallest absolute Gasteiger partial charge is 0.249 e. The van der Waals surface area contributed by atoms with E-state index in [0.29, 0.717) is 31.9 Å². The molecule has 0 spiro atoms. The van der Waals surface area contributed by atoms with Crippen LogP contribution in [0.2, 0.25) is 0 Å². The van der Waals surface area contributed by atoms with Crippen LogP contribution in [0.3, 0.4) is 0 Å². The Balaban J connectivity index is 0.000000131. The van der Waals surface area contributed by atoms with Gasteiger partial charge in [-0.3, -0.25) is 9.26 Å². The standard InChI is InChI=1S/2C6H3IN2O2/c2*7-4-1-2-6-5(3-4)8-11-9(6)10/h2*1-3H. The molecule has 2 aromatic heterocycles. The zero-order valence-corrected chi connectivity index (χ0v) is 15.0. The minimum atomic E-state index is 0.394. The molecule has 2 aromatic carbocycles. The zero-order chi connectivity index (χ0) is 15.7. The summed E-state index contributed by atoms with van der Waals surface area (Å²) in [6.45, 7) is 0. The predicted octanol–water partition coefficient (Wildman–Crippen LogP) is 2.13. The topological polar surface area (TPSA) is 106 Å². The van der Waals surface area contributed by atoms with Crippen molar-refractivity contribution in [3.05, 3.63) is 54.0 Å². The fourth-order valence-electron chi connectivity index (χ4n) is 1.70. The zero-order valence-electron chi connectivity index (χ0n) is 10.6. The van der Waals surface area contributed by atoms with Gasteiger partial charge >= 0.3 is 0 Å². The van der Waals surface area contributed by atoms with Gasteiger partial charge in [0.1, 0.15) is 0 Å². The summed E-state index contributed by atoms with van der Waals surface area (Å²) in [5.74, 6) is 0. The first-order chi connectivity index (χ1) is 10.5. The van der Waals surface area contributed by atoms with Crippen LogP contribution in [0.4, 0.5) is 0 Å². The Hall–Kier alpha value is -1.70. The highest BCUT2D eigenvalue weighted by molar-refractivity contribution is 14.1. The lowest BCUT2D eigenvalue weighted by Crippen LogP contribution is -2.22. The number of hydrogen-bond acceptors (Lipinski definition) is 6. The van der Waals surface area contributed by atoms with Crippen LogP contribution in [-0.4, -0.2) is 10.3 Å². The van der Waals surface area contributed by atoms with Crippen molar-refractivity contribution >= 4 is 67.2 Å². The second-order valence-electron chi connectivity index (χ2n) is 4.13. The summed E-state index contributed by atoms with van der Waals surface area (Å²) < 4.78 is 10.8. The molecule has 0 saturated carbocycles. The molecule has 0 unspecified atom stereocenters. The van der Waals surface area contributed by atoms with Gasteiger partial charge in [0.25, 0.3) is 0 Å². The van der Waals surface area contributed by atoms with E-state index < -0.39 is 0 Å². The Kier molecular flexibility index (Phi) is 4.28. The van der Waals surface area contributed by atoms with E-state index in [1.165, 1.54) is 0 Å². The van der Waals surface area contributed by atoms with Crippen LogP contribution in [0.1, 0.15) is 0 Å². The van der Waals surface area contributed by atoms with Gasteiger partial charge in [0, 0.05) is 29.6 Å². The van der Waals surface area contributed by atoms with E-state index >= 15 is 0 Å². The number of aromatic nitrogens is 4. The van der Waals surface area contributed by atoms with Crippen LogP contribution >= 0.6 is 45.2 Å². The molecule has 2 heterocycles. The summed E-state index contributed by atoms with van der Waals surface area (Å²) in [5.41, 5.74) is 2.11. The molecular formula is C12H6I2N4O4. The molecule has 4 aromatic rings. The molecule has 22 heavy (non-hydrogen) atoms. The third kappa shape index (κ3) is 3.06. The molecule has 8 nitrogen and oxygen atoms in total. The summed E-state index contributed by atoms with van der Waals surface area (Å²) in [4.78, 5) is 0.789. The Bertz CT molecular complexity index is 875. The molecule has 0 N–H and O–H groups in total. The highest BCUT2D eigenvalue weighted by Gasteiger charge is 2.08. The SMILES string of the molecule is [O-][n+]1onc2cc(I)ccc21.[O-][n+]1onc2cc(I)ccc21. The van der Waals surface area contributed by atoms with E-state index in [1.54, 1.807) is 24.3 Å². The summed E-state index contributed by atoms with van der Waals surface area (Å²) in [7, 11) is 0. The second kappa shape index (κ2) is 6.20. The third-order valence-corrected chi connectivity index (χ3v) is 4.04.